The van der Waals surface area contributed by atoms with Crippen molar-refractivity contribution in [3.05, 3.63) is 41.5 Å². The topological polar surface area (TPSA) is 0 Å². The molecule has 0 unspecified atom stereocenters. The number of hydrogen-bond acceptors (Lipinski definition) is 0. The Kier molecular flexibility index (Phi) is 8.86. The lowest BCUT2D eigenvalue weighted by Gasteiger charge is -2.31. The molecule has 0 nitrogen and oxygen atoms in total. The lowest BCUT2D eigenvalue weighted by atomic mass is 9.82. The minimum atomic E-state index is -0.200. The standard InChI is InChI=1S/C21H33Cl/c1-5-9-14-19-18(8-4)13-12-15-20(19)21(22,16-10-6-2)17-11-7-3/h8,12-13,15H,4-7,9-11,14,16-17H2,1-3H3. The molecule has 0 heterocycles. The fourth-order valence-electron chi connectivity index (χ4n) is 3.16. The first-order valence-corrected chi connectivity index (χ1v) is 9.44. The molecule has 0 spiro atoms. The summed E-state index contributed by atoms with van der Waals surface area (Å²) in [5, 5.41) is 0. The van der Waals surface area contributed by atoms with Gasteiger partial charge in [0.15, 0.2) is 0 Å². The molecule has 22 heavy (non-hydrogen) atoms. The van der Waals surface area contributed by atoms with Crippen molar-refractivity contribution in [2.24, 2.45) is 0 Å². The molecule has 0 radical (unpaired) electrons. The summed E-state index contributed by atoms with van der Waals surface area (Å²) in [6, 6.07) is 6.59. The summed E-state index contributed by atoms with van der Waals surface area (Å²) in [7, 11) is 0. The van der Waals surface area contributed by atoms with E-state index in [1.165, 1.54) is 55.2 Å². The van der Waals surface area contributed by atoms with Gasteiger partial charge >= 0.3 is 0 Å². The highest BCUT2D eigenvalue weighted by atomic mass is 35.5. The summed E-state index contributed by atoms with van der Waals surface area (Å²) in [4.78, 5) is -0.200. The van der Waals surface area contributed by atoms with Crippen LogP contribution in [0.25, 0.3) is 6.08 Å². The predicted molar refractivity (Wildman–Crippen MR) is 102 cm³/mol. The van der Waals surface area contributed by atoms with Crippen LogP contribution >= 0.6 is 11.6 Å². The fraction of sp³-hybridized carbons (Fsp3) is 0.619. The maximum Gasteiger partial charge on any atom is 0.0697 e. The monoisotopic (exact) mass is 320 g/mol. The molecule has 0 aromatic heterocycles. The highest BCUT2D eigenvalue weighted by Gasteiger charge is 2.30. The Labute approximate surface area is 143 Å². The molecule has 1 rings (SSSR count). The van der Waals surface area contributed by atoms with Crippen LogP contribution in [0, 0.1) is 0 Å². The third-order valence-corrected chi connectivity index (χ3v) is 5.13. The van der Waals surface area contributed by atoms with E-state index in [1.807, 2.05) is 6.08 Å². The SMILES string of the molecule is C=Cc1cccc(C(Cl)(CCCC)CCCC)c1CCCC. The van der Waals surface area contributed by atoms with Crippen LogP contribution in [0.3, 0.4) is 0 Å². The Morgan fingerprint density at radius 1 is 1.00 bits per heavy atom. The maximum absolute atomic E-state index is 7.20. The molecule has 1 aromatic carbocycles. The highest BCUT2D eigenvalue weighted by Crippen LogP contribution is 2.42. The normalized spacial score (nSPS) is 11.6. The van der Waals surface area contributed by atoms with Gasteiger partial charge in [-0.2, -0.15) is 0 Å². The molecule has 0 aliphatic heterocycles. The summed E-state index contributed by atoms with van der Waals surface area (Å²) in [6.45, 7) is 10.7. The Hall–Kier alpha value is -0.750. The summed E-state index contributed by atoms with van der Waals surface area (Å²) in [5.41, 5.74) is 4.06. The van der Waals surface area contributed by atoms with Crippen molar-refractivity contribution >= 4 is 17.7 Å². The van der Waals surface area contributed by atoms with Gasteiger partial charge in [0.2, 0.25) is 0 Å². The highest BCUT2D eigenvalue weighted by molar-refractivity contribution is 6.24. The molecule has 0 fully saturated rings. The van der Waals surface area contributed by atoms with Crippen LogP contribution in [0.4, 0.5) is 0 Å². The third-order valence-electron chi connectivity index (χ3n) is 4.55. The van der Waals surface area contributed by atoms with E-state index in [9.17, 15) is 0 Å². The number of hydrogen-bond donors (Lipinski definition) is 0. The summed E-state index contributed by atoms with van der Waals surface area (Å²) in [5.74, 6) is 0. The molecule has 0 saturated heterocycles. The van der Waals surface area contributed by atoms with Gasteiger partial charge in [-0.15, -0.1) is 11.6 Å². The minimum absolute atomic E-state index is 0.200. The van der Waals surface area contributed by atoms with Gasteiger partial charge in [0, 0.05) is 0 Å². The summed E-state index contributed by atoms with van der Waals surface area (Å²) >= 11 is 7.20. The molecule has 0 aliphatic rings. The van der Waals surface area contributed by atoms with Gasteiger partial charge in [-0.3, -0.25) is 0 Å². The van der Waals surface area contributed by atoms with Gasteiger partial charge in [-0.05, 0) is 42.4 Å². The lowest BCUT2D eigenvalue weighted by molar-refractivity contribution is 0.467. The molecule has 1 aromatic rings. The van der Waals surface area contributed by atoms with Crippen molar-refractivity contribution in [2.75, 3.05) is 0 Å². The molecule has 0 bridgehead atoms. The second-order valence-electron chi connectivity index (χ2n) is 6.35. The maximum atomic E-state index is 7.20. The van der Waals surface area contributed by atoms with Gasteiger partial charge in [-0.1, -0.05) is 83.7 Å². The van der Waals surface area contributed by atoms with Gasteiger partial charge < -0.3 is 0 Å². The van der Waals surface area contributed by atoms with Crippen molar-refractivity contribution in [2.45, 2.75) is 83.4 Å². The molecule has 0 N–H and O–H groups in total. The van der Waals surface area contributed by atoms with E-state index in [0.717, 1.165) is 19.3 Å². The zero-order valence-electron chi connectivity index (χ0n) is 14.8. The molecular formula is C21H33Cl. The third kappa shape index (κ3) is 5.16. The average molecular weight is 321 g/mol. The fourth-order valence-corrected chi connectivity index (χ4v) is 3.60. The largest absolute Gasteiger partial charge is 0.114 e. The number of benzene rings is 1. The van der Waals surface area contributed by atoms with E-state index in [1.54, 1.807) is 0 Å². The van der Waals surface area contributed by atoms with Gasteiger partial charge in [-0.25, -0.2) is 0 Å². The van der Waals surface area contributed by atoms with E-state index in [0.29, 0.717) is 0 Å². The van der Waals surface area contributed by atoms with E-state index in [2.05, 4.69) is 45.5 Å². The van der Waals surface area contributed by atoms with Gasteiger partial charge in [0.25, 0.3) is 0 Å². The van der Waals surface area contributed by atoms with Crippen LogP contribution in [-0.2, 0) is 11.3 Å². The Balaban J connectivity index is 3.23. The van der Waals surface area contributed by atoms with Crippen LogP contribution in [-0.4, -0.2) is 0 Å². The second-order valence-corrected chi connectivity index (χ2v) is 7.08. The number of unbranched alkanes of at least 4 members (excludes halogenated alkanes) is 3. The molecule has 0 amide bonds. The lowest BCUT2D eigenvalue weighted by Crippen LogP contribution is -2.21. The number of halogens is 1. The number of alkyl halides is 1. The molecular weight excluding hydrogens is 288 g/mol. The minimum Gasteiger partial charge on any atom is -0.114 e. The number of rotatable bonds is 11. The van der Waals surface area contributed by atoms with Crippen LogP contribution in [0.5, 0.6) is 0 Å². The summed E-state index contributed by atoms with van der Waals surface area (Å²) < 4.78 is 0. The molecule has 124 valence electrons. The van der Waals surface area contributed by atoms with Crippen molar-refractivity contribution < 1.29 is 0 Å². The van der Waals surface area contributed by atoms with Crippen LogP contribution < -0.4 is 0 Å². The molecule has 0 aliphatic carbocycles. The van der Waals surface area contributed by atoms with Crippen LogP contribution in [0.15, 0.2) is 24.8 Å². The van der Waals surface area contributed by atoms with E-state index in [4.69, 9.17) is 11.6 Å². The first-order valence-electron chi connectivity index (χ1n) is 9.06. The van der Waals surface area contributed by atoms with Crippen molar-refractivity contribution in [1.29, 1.82) is 0 Å². The van der Waals surface area contributed by atoms with Gasteiger partial charge in [0.1, 0.15) is 0 Å². The van der Waals surface area contributed by atoms with Crippen molar-refractivity contribution in [3.63, 3.8) is 0 Å². The van der Waals surface area contributed by atoms with E-state index in [-0.39, 0.29) is 4.87 Å². The van der Waals surface area contributed by atoms with Crippen molar-refractivity contribution in [3.8, 4) is 0 Å². The van der Waals surface area contributed by atoms with E-state index < -0.39 is 0 Å². The smallest absolute Gasteiger partial charge is 0.0697 e. The first-order chi connectivity index (χ1) is 10.6. The Morgan fingerprint density at radius 3 is 2.09 bits per heavy atom. The molecule has 0 saturated carbocycles. The van der Waals surface area contributed by atoms with Crippen molar-refractivity contribution in [1.82, 2.24) is 0 Å². The van der Waals surface area contributed by atoms with Gasteiger partial charge in [0.05, 0.1) is 4.87 Å². The quantitative estimate of drug-likeness (QED) is 0.370. The average Bonchev–Trinajstić information content (AvgIpc) is 2.55. The molecule has 0 atom stereocenters. The zero-order chi connectivity index (χ0) is 16.4. The Bertz CT molecular complexity index is 439. The second kappa shape index (κ2) is 10.1. The van der Waals surface area contributed by atoms with Crippen LogP contribution in [0.2, 0.25) is 0 Å². The first kappa shape index (κ1) is 19.3. The Morgan fingerprint density at radius 2 is 1.59 bits per heavy atom. The zero-order valence-corrected chi connectivity index (χ0v) is 15.5. The van der Waals surface area contributed by atoms with Crippen LogP contribution in [0.1, 0.15) is 88.8 Å². The summed E-state index contributed by atoms with van der Waals surface area (Å²) in [6.07, 6.45) is 12.5. The predicted octanol–water partition coefficient (Wildman–Crippen LogP) is 7.49. The van der Waals surface area contributed by atoms with E-state index >= 15 is 0 Å². The molecule has 1 heteroatoms.